The van der Waals surface area contributed by atoms with Crippen molar-refractivity contribution in [3.8, 4) is 0 Å². The third-order valence-electron chi connectivity index (χ3n) is 4.63. The number of nitrogens with zero attached hydrogens (tertiary/aromatic N) is 1. The van der Waals surface area contributed by atoms with Crippen molar-refractivity contribution in [3.63, 3.8) is 0 Å². The second-order valence-electron chi connectivity index (χ2n) is 8.38. The van der Waals surface area contributed by atoms with Gasteiger partial charge in [-0.3, -0.25) is 14.9 Å². The first-order valence-corrected chi connectivity index (χ1v) is 11.0. The average Bonchev–Trinajstić information content (AvgIpc) is 2.73. The molecule has 33 heavy (non-hydrogen) atoms. The molecule has 1 atom stereocenters. The van der Waals surface area contributed by atoms with Gasteiger partial charge in [-0.1, -0.05) is 36.4 Å². The molecular formula is C25H32N2O6. The van der Waals surface area contributed by atoms with Crippen LogP contribution in [0.5, 0.6) is 0 Å². The van der Waals surface area contributed by atoms with Gasteiger partial charge >= 0.3 is 18.0 Å². The van der Waals surface area contributed by atoms with Crippen LogP contribution < -0.4 is 5.32 Å². The van der Waals surface area contributed by atoms with Gasteiger partial charge in [0.05, 0.1) is 13.2 Å². The van der Waals surface area contributed by atoms with E-state index in [9.17, 15) is 14.4 Å². The molecule has 0 radical (unpaired) electrons. The molecule has 0 aliphatic rings. The highest BCUT2D eigenvalue weighted by atomic mass is 16.6. The molecule has 0 aliphatic heterocycles. The van der Waals surface area contributed by atoms with Crippen molar-refractivity contribution in [2.24, 2.45) is 5.92 Å². The van der Waals surface area contributed by atoms with E-state index in [4.69, 9.17) is 14.2 Å². The lowest BCUT2D eigenvalue weighted by molar-refractivity contribution is -0.162. The standard InChI is InChI=1S/C25H32N2O6/c1-6-31-22(28)21(23(29)32-7-2)19(15-17-11-9-8-10-12-17)18-13-14-20(26-16-18)27-24(30)33-25(3,4)5/h8-14,16,19,21H,6-7,15H2,1-5H3,(H,26,27,30). The minimum Gasteiger partial charge on any atom is -0.465 e. The van der Waals surface area contributed by atoms with Gasteiger partial charge in [0.2, 0.25) is 0 Å². The van der Waals surface area contributed by atoms with E-state index in [2.05, 4.69) is 10.3 Å². The molecule has 0 spiro atoms. The summed E-state index contributed by atoms with van der Waals surface area (Å²) in [5.41, 5.74) is 0.939. The van der Waals surface area contributed by atoms with Crippen LogP contribution in [0.1, 0.15) is 51.7 Å². The van der Waals surface area contributed by atoms with Crippen LogP contribution in [0.2, 0.25) is 0 Å². The van der Waals surface area contributed by atoms with Crippen molar-refractivity contribution in [1.29, 1.82) is 0 Å². The molecule has 2 rings (SSSR count). The molecule has 8 nitrogen and oxygen atoms in total. The SMILES string of the molecule is CCOC(=O)C(C(=O)OCC)C(Cc1ccccc1)c1ccc(NC(=O)OC(C)(C)C)nc1. The first-order valence-electron chi connectivity index (χ1n) is 11.0. The van der Waals surface area contributed by atoms with E-state index < -0.39 is 35.5 Å². The number of rotatable bonds is 9. The summed E-state index contributed by atoms with van der Waals surface area (Å²) < 4.78 is 15.6. The number of esters is 2. The van der Waals surface area contributed by atoms with Gasteiger partial charge in [0.15, 0.2) is 5.92 Å². The summed E-state index contributed by atoms with van der Waals surface area (Å²) in [5.74, 6) is -2.74. The Bertz CT molecular complexity index is 904. The minimum atomic E-state index is -1.16. The van der Waals surface area contributed by atoms with Crippen molar-refractivity contribution >= 4 is 23.8 Å². The number of nitrogens with one attached hydrogen (secondary N) is 1. The van der Waals surface area contributed by atoms with Crippen LogP contribution in [-0.2, 0) is 30.2 Å². The maximum absolute atomic E-state index is 12.8. The molecule has 0 saturated heterocycles. The number of pyridine rings is 1. The predicted octanol–water partition coefficient (Wildman–Crippen LogP) is 4.50. The topological polar surface area (TPSA) is 104 Å². The molecule has 1 unspecified atom stereocenters. The van der Waals surface area contributed by atoms with Crippen molar-refractivity contribution in [1.82, 2.24) is 4.98 Å². The zero-order chi connectivity index (χ0) is 24.4. The third-order valence-corrected chi connectivity index (χ3v) is 4.63. The zero-order valence-corrected chi connectivity index (χ0v) is 19.8. The van der Waals surface area contributed by atoms with Crippen LogP contribution >= 0.6 is 0 Å². The summed E-state index contributed by atoms with van der Waals surface area (Å²) in [4.78, 5) is 41.9. The van der Waals surface area contributed by atoms with Gasteiger partial charge in [0.1, 0.15) is 11.4 Å². The van der Waals surface area contributed by atoms with E-state index in [1.807, 2.05) is 30.3 Å². The molecule has 2 aromatic rings. The Morgan fingerprint density at radius 1 is 0.939 bits per heavy atom. The highest BCUT2D eigenvalue weighted by molar-refractivity contribution is 5.96. The Kier molecular flexibility index (Phi) is 9.39. The number of aromatic nitrogens is 1. The van der Waals surface area contributed by atoms with Crippen molar-refractivity contribution in [2.75, 3.05) is 18.5 Å². The summed E-state index contributed by atoms with van der Waals surface area (Å²) in [5, 5.41) is 2.57. The Morgan fingerprint density at radius 3 is 2.03 bits per heavy atom. The van der Waals surface area contributed by atoms with E-state index in [1.54, 1.807) is 46.8 Å². The molecule has 1 aromatic heterocycles. The van der Waals surface area contributed by atoms with E-state index >= 15 is 0 Å². The number of anilines is 1. The van der Waals surface area contributed by atoms with E-state index in [-0.39, 0.29) is 19.0 Å². The van der Waals surface area contributed by atoms with Crippen LogP contribution in [0.25, 0.3) is 0 Å². The fourth-order valence-corrected chi connectivity index (χ4v) is 3.29. The number of carbonyl (C=O) groups excluding carboxylic acids is 3. The van der Waals surface area contributed by atoms with Gasteiger partial charge < -0.3 is 14.2 Å². The lowest BCUT2D eigenvalue weighted by Crippen LogP contribution is -2.34. The molecule has 1 N–H and O–H groups in total. The number of benzene rings is 1. The van der Waals surface area contributed by atoms with Gasteiger partial charge in [0.25, 0.3) is 0 Å². The lowest BCUT2D eigenvalue weighted by Gasteiger charge is -2.25. The smallest absolute Gasteiger partial charge is 0.413 e. The molecule has 1 heterocycles. The van der Waals surface area contributed by atoms with Gasteiger partial charge in [-0.15, -0.1) is 0 Å². The monoisotopic (exact) mass is 456 g/mol. The molecule has 0 fully saturated rings. The number of ether oxygens (including phenoxy) is 3. The molecule has 0 saturated carbocycles. The Labute approximate surface area is 194 Å². The van der Waals surface area contributed by atoms with Gasteiger partial charge in [0, 0.05) is 12.1 Å². The molecular weight excluding hydrogens is 424 g/mol. The van der Waals surface area contributed by atoms with Gasteiger partial charge in [-0.05, 0) is 58.2 Å². The van der Waals surface area contributed by atoms with Crippen molar-refractivity contribution in [3.05, 3.63) is 59.8 Å². The van der Waals surface area contributed by atoms with E-state index in [1.165, 1.54) is 6.20 Å². The first-order chi connectivity index (χ1) is 15.6. The van der Waals surface area contributed by atoms with Crippen LogP contribution in [0.3, 0.4) is 0 Å². The number of hydrogen-bond acceptors (Lipinski definition) is 7. The maximum Gasteiger partial charge on any atom is 0.413 e. The molecule has 0 aliphatic carbocycles. The lowest BCUT2D eigenvalue weighted by atomic mass is 9.82. The molecule has 178 valence electrons. The maximum atomic E-state index is 12.8. The quantitative estimate of drug-likeness (QED) is 0.337. The highest BCUT2D eigenvalue weighted by Crippen LogP contribution is 2.31. The summed E-state index contributed by atoms with van der Waals surface area (Å²) in [6.07, 6.45) is 1.30. The predicted molar refractivity (Wildman–Crippen MR) is 124 cm³/mol. The zero-order valence-electron chi connectivity index (χ0n) is 19.8. The normalized spacial score (nSPS) is 12.1. The summed E-state index contributed by atoms with van der Waals surface area (Å²) in [7, 11) is 0. The highest BCUT2D eigenvalue weighted by Gasteiger charge is 2.38. The molecule has 1 amide bonds. The molecule has 0 bridgehead atoms. The van der Waals surface area contributed by atoms with E-state index in [0.717, 1.165) is 5.56 Å². The van der Waals surface area contributed by atoms with Gasteiger partial charge in [-0.25, -0.2) is 9.78 Å². The molecule has 1 aromatic carbocycles. The average molecular weight is 457 g/mol. The first kappa shape index (κ1) is 25.8. The van der Waals surface area contributed by atoms with Crippen LogP contribution in [0.4, 0.5) is 10.6 Å². The van der Waals surface area contributed by atoms with E-state index in [0.29, 0.717) is 12.0 Å². The van der Waals surface area contributed by atoms with Gasteiger partial charge in [-0.2, -0.15) is 0 Å². The fourth-order valence-electron chi connectivity index (χ4n) is 3.29. The largest absolute Gasteiger partial charge is 0.465 e. The fraction of sp³-hybridized carbons (Fsp3) is 0.440. The molecule has 8 heteroatoms. The summed E-state index contributed by atoms with van der Waals surface area (Å²) >= 11 is 0. The van der Waals surface area contributed by atoms with Crippen LogP contribution in [0, 0.1) is 5.92 Å². The number of carbonyl (C=O) groups is 3. The number of hydrogen-bond donors (Lipinski definition) is 1. The second-order valence-corrected chi connectivity index (χ2v) is 8.38. The summed E-state index contributed by atoms with van der Waals surface area (Å²) in [6.45, 7) is 8.95. The minimum absolute atomic E-state index is 0.143. The number of amides is 1. The van der Waals surface area contributed by atoms with Crippen LogP contribution in [0.15, 0.2) is 48.7 Å². The Balaban J connectivity index is 2.37. The Morgan fingerprint density at radius 2 is 1.55 bits per heavy atom. The van der Waals surface area contributed by atoms with Crippen molar-refractivity contribution < 1.29 is 28.6 Å². The second kappa shape index (κ2) is 12.0. The third kappa shape index (κ3) is 8.21. The van der Waals surface area contributed by atoms with Crippen molar-refractivity contribution in [2.45, 2.75) is 52.6 Å². The Hall–Kier alpha value is -3.42. The summed E-state index contributed by atoms with van der Waals surface area (Å²) in [6, 6.07) is 12.8. The van der Waals surface area contributed by atoms with Crippen LogP contribution in [-0.4, -0.2) is 41.8 Å².